The van der Waals surface area contributed by atoms with E-state index in [0.29, 0.717) is 27.8 Å². The van der Waals surface area contributed by atoms with Crippen LogP contribution in [-0.4, -0.2) is 53.9 Å². The molecule has 0 spiro atoms. The molecule has 6 heterocycles. The average Bonchev–Trinajstić information content (AvgIpc) is 3.80. The Kier molecular flexibility index (Phi) is 8.77. The van der Waals surface area contributed by atoms with Crippen LogP contribution < -0.4 is 0 Å². The predicted octanol–water partition coefficient (Wildman–Crippen LogP) is 7.33. The Morgan fingerprint density at radius 2 is 1.22 bits per heavy atom. The van der Waals surface area contributed by atoms with Crippen LogP contribution >= 0.6 is 0 Å². The van der Waals surface area contributed by atoms with Gasteiger partial charge >= 0.3 is 11.9 Å². The number of allylic oxidation sites excluding steroid dienone is 4. The van der Waals surface area contributed by atoms with Crippen LogP contribution in [-0.2, 0) is 24.0 Å². The van der Waals surface area contributed by atoms with Crippen LogP contribution in [0.15, 0.2) is 37.4 Å². The predicted molar refractivity (Wildman–Crippen MR) is 189 cm³/mol. The van der Waals surface area contributed by atoms with E-state index in [-0.39, 0.29) is 38.5 Å². The smallest absolute Gasteiger partial charge is 0.333 e. The first-order chi connectivity index (χ1) is 23.4. The maximum Gasteiger partial charge on any atom is 0.333 e. The number of imide groups is 1. The molecule has 49 heavy (non-hydrogen) atoms. The van der Waals surface area contributed by atoms with Gasteiger partial charge in [-0.3, -0.25) is 14.4 Å². The van der Waals surface area contributed by atoms with E-state index in [4.69, 9.17) is 14.8 Å². The number of hydrogen-bond acceptors (Lipinski definition) is 7. The number of aromatic nitrogens is 4. The molecule has 0 unspecified atom stereocenters. The molecule has 3 aromatic rings. The molecule has 0 saturated carbocycles. The van der Waals surface area contributed by atoms with Crippen LogP contribution in [0.4, 0.5) is 0 Å². The van der Waals surface area contributed by atoms with E-state index in [2.05, 4.69) is 23.1 Å². The maximum atomic E-state index is 12.8. The van der Waals surface area contributed by atoms with Crippen molar-refractivity contribution in [2.45, 2.75) is 66.2 Å². The molecule has 11 heteroatoms. The summed E-state index contributed by atoms with van der Waals surface area (Å²) in [6.45, 7) is 16.0. The second kappa shape index (κ2) is 13.0. The molecule has 1 fully saturated rings. The summed E-state index contributed by atoms with van der Waals surface area (Å²) in [6, 6.07) is 7.78. The minimum atomic E-state index is -0.919. The molecule has 2 amide bonds. The van der Waals surface area contributed by atoms with Gasteiger partial charge in [0.05, 0.1) is 29.2 Å². The zero-order chi connectivity index (χ0) is 35.1. The lowest BCUT2D eigenvalue weighted by molar-refractivity contribution is -0.197. The highest BCUT2D eigenvalue weighted by atomic mass is 16.7. The molecule has 3 aromatic heterocycles. The summed E-state index contributed by atoms with van der Waals surface area (Å²) in [5.41, 5.74) is 13.0. The van der Waals surface area contributed by atoms with Crippen molar-refractivity contribution in [1.29, 1.82) is 0 Å². The van der Waals surface area contributed by atoms with E-state index in [1.807, 2.05) is 58.0 Å². The molecule has 3 N–H and O–H groups in total. The van der Waals surface area contributed by atoms with E-state index < -0.39 is 23.8 Å². The Labute approximate surface area is 282 Å². The number of nitrogens with zero attached hydrogens (tertiary/aromatic N) is 3. The number of nitrogens with one attached hydrogen (secondary N) is 2. The van der Waals surface area contributed by atoms with Gasteiger partial charge in [0.2, 0.25) is 0 Å². The lowest BCUT2D eigenvalue weighted by Gasteiger charge is -2.12. The summed E-state index contributed by atoms with van der Waals surface area (Å²) in [6.07, 6.45) is 3.93. The fraction of sp³-hybridized carbons (Fsp3) is 0.263. The van der Waals surface area contributed by atoms with Crippen molar-refractivity contribution < 1.29 is 29.1 Å². The number of aliphatic carboxylic acids is 1. The number of H-pyrrole nitrogens is 2. The zero-order valence-electron chi connectivity index (χ0n) is 28.0. The Morgan fingerprint density at radius 1 is 0.755 bits per heavy atom. The van der Waals surface area contributed by atoms with Crippen LogP contribution in [0.1, 0.15) is 97.4 Å². The van der Waals surface area contributed by atoms with Crippen LogP contribution in [0.25, 0.3) is 56.5 Å². The Balaban J connectivity index is 1.58. The van der Waals surface area contributed by atoms with E-state index in [1.54, 1.807) is 6.08 Å². The number of carbonyl (C=O) groups is 4. The molecule has 1 saturated heterocycles. The van der Waals surface area contributed by atoms with Gasteiger partial charge in [-0.2, -0.15) is 0 Å². The molecule has 3 aliphatic heterocycles. The minimum absolute atomic E-state index is 0.0106. The number of carbonyl (C=O) groups excluding carboxylic acids is 3. The summed E-state index contributed by atoms with van der Waals surface area (Å²) < 4.78 is 0. The Morgan fingerprint density at radius 3 is 1.73 bits per heavy atom. The maximum absolute atomic E-state index is 12.8. The van der Waals surface area contributed by atoms with Gasteiger partial charge in [-0.05, 0) is 98.2 Å². The number of carboxylic acid groups (broad SMARTS) is 1. The number of rotatable bonds is 9. The van der Waals surface area contributed by atoms with Gasteiger partial charge in [-0.15, -0.1) is 5.06 Å². The molecule has 3 aliphatic rings. The molecule has 11 nitrogen and oxygen atoms in total. The third-order valence-electron chi connectivity index (χ3n) is 9.41. The van der Waals surface area contributed by atoms with Crippen LogP contribution in [0.2, 0.25) is 0 Å². The van der Waals surface area contributed by atoms with E-state index in [0.717, 1.165) is 66.6 Å². The number of amides is 2. The Hall–Kier alpha value is -5.84. The molecule has 250 valence electrons. The summed E-state index contributed by atoms with van der Waals surface area (Å²) >= 11 is 0. The third kappa shape index (κ3) is 6.15. The first kappa shape index (κ1) is 33.1. The van der Waals surface area contributed by atoms with Crippen LogP contribution in [0.3, 0.4) is 0 Å². The normalized spacial score (nSPS) is 14.6. The van der Waals surface area contributed by atoms with Gasteiger partial charge in [-0.1, -0.05) is 25.3 Å². The SMILES string of the molecule is C=Cc1c(C)c2cc3[nH]c(cc4nc(cc5nc(cc1[nH]2)C(C)=C5CCC(=O)O)C(CCC(=O)ON1C(=O)CCC1=O)=C4C)c(C)c3C=C. The molecular formula is C38H37N5O6. The second-order valence-corrected chi connectivity index (χ2v) is 12.4. The molecule has 0 atom stereocenters. The van der Waals surface area contributed by atoms with Crippen LogP contribution in [0.5, 0.6) is 0 Å². The summed E-state index contributed by atoms with van der Waals surface area (Å²) in [4.78, 5) is 70.7. The largest absolute Gasteiger partial charge is 0.481 e. The quantitative estimate of drug-likeness (QED) is 0.201. The molecular weight excluding hydrogens is 622 g/mol. The van der Waals surface area contributed by atoms with E-state index in [1.165, 1.54) is 0 Å². The molecule has 0 aromatic carbocycles. The summed E-state index contributed by atoms with van der Waals surface area (Å²) in [5.74, 6) is -2.71. The summed E-state index contributed by atoms with van der Waals surface area (Å²) in [7, 11) is 0. The van der Waals surface area contributed by atoms with Crippen molar-refractivity contribution in [3.63, 3.8) is 0 Å². The van der Waals surface area contributed by atoms with Crippen molar-refractivity contribution in [2.24, 2.45) is 0 Å². The fourth-order valence-electron chi connectivity index (χ4n) is 6.57. The van der Waals surface area contributed by atoms with E-state index >= 15 is 0 Å². The zero-order valence-corrected chi connectivity index (χ0v) is 28.0. The highest BCUT2D eigenvalue weighted by Crippen LogP contribution is 2.38. The molecule has 0 aliphatic carbocycles. The van der Waals surface area contributed by atoms with Gasteiger partial charge in [0.15, 0.2) is 0 Å². The van der Waals surface area contributed by atoms with Gasteiger partial charge in [0.1, 0.15) is 0 Å². The topological polar surface area (TPSA) is 158 Å². The monoisotopic (exact) mass is 659 g/mol. The highest BCUT2D eigenvalue weighted by molar-refractivity contribution is 6.02. The van der Waals surface area contributed by atoms with Gasteiger partial charge in [0.25, 0.3) is 11.8 Å². The third-order valence-corrected chi connectivity index (χ3v) is 9.41. The van der Waals surface area contributed by atoms with Crippen molar-refractivity contribution in [3.8, 4) is 0 Å². The van der Waals surface area contributed by atoms with E-state index in [9.17, 15) is 24.3 Å². The standard InChI is InChI=1S/C38H37N5O6/c1-7-23-19(3)27-15-28-22(6)26(10-14-38(48)49-43-35(44)11-12-36(43)45)34(41-28)18-33-25(9-13-37(46)47)21(5)30(42-33)17-32-24(8-2)20(4)29(40-32)16-31(23)39-27/h7-8,15-18,39-40H,1-2,9-14H2,3-6H3,(H,46,47). The molecule has 8 bridgehead atoms. The van der Waals surface area contributed by atoms with Gasteiger partial charge in [-0.25, -0.2) is 14.8 Å². The average molecular weight is 660 g/mol. The number of hydrogen-bond donors (Lipinski definition) is 3. The number of carboxylic acids is 1. The lowest BCUT2D eigenvalue weighted by Crippen LogP contribution is -2.31. The van der Waals surface area contributed by atoms with Crippen LogP contribution in [0, 0.1) is 13.8 Å². The first-order valence-electron chi connectivity index (χ1n) is 16.1. The van der Waals surface area contributed by atoms with Crippen molar-refractivity contribution in [2.75, 3.05) is 0 Å². The number of hydroxylamine groups is 2. The number of aryl methyl sites for hydroxylation is 2. The van der Waals surface area contributed by atoms with Crippen molar-refractivity contribution in [3.05, 3.63) is 82.5 Å². The summed E-state index contributed by atoms with van der Waals surface area (Å²) in [5, 5.41) is 10.1. The number of aromatic amines is 2. The fourth-order valence-corrected chi connectivity index (χ4v) is 6.57. The van der Waals surface area contributed by atoms with Gasteiger partial charge < -0.3 is 19.9 Å². The van der Waals surface area contributed by atoms with Crippen molar-refractivity contribution >= 4 is 80.3 Å². The van der Waals surface area contributed by atoms with Crippen molar-refractivity contribution in [1.82, 2.24) is 25.0 Å². The first-order valence-corrected chi connectivity index (χ1v) is 16.1. The molecule has 0 radical (unpaired) electrons. The molecule has 6 rings (SSSR count). The van der Waals surface area contributed by atoms with Gasteiger partial charge in [0, 0.05) is 52.5 Å². The minimum Gasteiger partial charge on any atom is -0.481 e. The lowest BCUT2D eigenvalue weighted by atomic mass is 9.98. The Bertz CT molecular complexity index is 2220. The highest BCUT2D eigenvalue weighted by Gasteiger charge is 2.33. The number of fused-ring (bicyclic) bond motifs is 8. The second-order valence-electron chi connectivity index (χ2n) is 12.4.